The van der Waals surface area contributed by atoms with Crippen molar-refractivity contribution in [3.8, 4) is 0 Å². The molecule has 0 fully saturated rings. The third-order valence-electron chi connectivity index (χ3n) is 5.11. The number of carboxylic acid groups (broad SMARTS) is 1. The second-order valence-corrected chi connectivity index (χ2v) is 7.37. The molecule has 0 saturated carbocycles. The predicted octanol–water partition coefficient (Wildman–Crippen LogP) is 4.85. The van der Waals surface area contributed by atoms with Crippen LogP contribution in [-0.2, 0) is 6.54 Å². The van der Waals surface area contributed by atoms with Crippen molar-refractivity contribution in [1.82, 2.24) is 9.99 Å². The Morgan fingerprint density at radius 3 is 2.62 bits per heavy atom. The van der Waals surface area contributed by atoms with Crippen molar-refractivity contribution >= 4 is 34.8 Å². The first-order chi connectivity index (χ1) is 15.5. The van der Waals surface area contributed by atoms with E-state index in [1.54, 1.807) is 24.4 Å². The van der Waals surface area contributed by atoms with Crippen LogP contribution < -0.4 is 10.7 Å². The van der Waals surface area contributed by atoms with Gasteiger partial charge in [-0.15, -0.1) is 0 Å². The Hall–Kier alpha value is -4.39. The van der Waals surface area contributed by atoms with Crippen LogP contribution in [0.25, 0.3) is 10.9 Å². The summed E-state index contributed by atoms with van der Waals surface area (Å²) in [4.78, 5) is 23.4. The van der Waals surface area contributed by atoms with E-state index in [2.05, 4.69) is 15.8 Å². The van der Waals surface area contributed by atoms with Crippen LogP contribution in [0.5, 0.6) is 0 Å². The number of anilines is 1. The van der Waals surface area contributed by atoms with Crippen molar-refractivity contribution in [3.63, 3.8) is 0 Å². The highest BCUT2D eigenvalue weighted by molar-refractivity contribution is 6.00. The zero-order valence-electron chi connectivity index (χ0n) is 17.4. The van der Waals surface area contributed by atoms with Gasteiger partial charge in [-0.3, -0.25) is 0 Å². The van der Waals surface area contributed by atoms with E-state index in [1.807, 2.05) is 72.3 Å². The molecule has 32 heavy (non-hydrogen) atoms. The van der Waals surface area contributed by atoms with Gasteiger partial charge in [0.05, 0.1) is 11.8 Å². The summed E-state index contributed by atoms with van der Waals surface area (Å²) in [7, 11) is 0. The number of urea groups is 1. The zero-order valence-corrected chi connectivity index (χ0v) is 17.4. The number of aryl methyl sites for hydroxylation is 1. The summed E-state index contributed by atoms with van der Waals surface area (Å²) in [6, 6.07) is 21.8. The highest BCUT2D eigenvalue weighted by atomic mass is 16.4. The number of fused-ring (bicyclic) bond motifs is 1. The van der Waals surface area contributed by atoms with Crippen molar-refractivity contribution in [3.05, 3.63) is 101 Å². The number of hydrogen-bond acceptors (Lipinski definition) is 3. The quantitative estimate of drug-likeness (QED) is 0.304. The molecule has 7 nitrogen and oxygen atoms in total. The molecule has 0 aliphatic heterocycles. The van der Waals surface area contributed by atoms with Crippen LogP contribution >= 0.6 is 0 Å². The van der Waals surface area contributed by atoms with Crippen molar-refractivity contribution in [1.29, 1.82) is 0 Å². The van der Waals surface area contributed by atoms with E-state index >= 15 is 0 Å². The molecular formula is C25H22N4O3. The summed E-state index contributed by atoms with van der Waals surface area (Å²) in [5, 5.41) is 17.1. The minimum atomic E-state index is -0.952. The predicted molar refractivity (Wildman–Crippen MR) is 125 cm³/mol. The van der Waals surface area contributed by atoms with Gasteiger partial charge in [-0.25, -0.2) is 15.0 Å². The largest absolute Gasteiger partial charge is 0.478 e. The number of benzene rings is 3. The van der Waals surface area contributed by atoms with Gasteiger partial charge in [0.2, 0.25) is 0 Å². The third kappa shape index (κ3) is 4.67. The molecule has 0 unspecified atom stereocenters. The number of amides is 2. The lowest BCUT2D eigenvalue weighted by atomic mass is 10.1. The van der Waals surface area contributed by atoms with Crippen LogP contribution in [0.3, 0.4) is 0 Å². The number of nitrogens with one attached hydrogen (secondary N) is 2. The van der Waals surface area contributed by atoms with Gasteiger partial charge in [0.1, 0.15) is 0 Å². The number of para-hydroxylation sites is 2. The smallest absolute Gasteiger partial charge is 0.339 e. The van der Waals surface area contributed by atoms with E-state index < -0.39 is 12.0 Å². The van der Waals surface area contributed by atoms with Crippen LogP contribution in [0.2, 0.25) is 0 Å². The molecule has 0 spiro atoms. The molecule has 1 heterocycles. The van der Waals surface area contributed by atoms with Gasteiger partial charge >= 0.3 is 12.0 Å². The molecule has 4 rings (SSSR count). The fourth-order valence-electron chi connectivity index (χ4n) is 3.53. The van der Waals surface area contributed by atoms with Gasteiger partial charge in [0, 0.05) is 34.9 Å². The second-order valence-electron chi connectivity index (χ2n) is 7.37. The molecule has 3 aromatic carbocycles. The Bertz CT molecular complexity index is 1320. The Balaban J connectivity index is 1.52. The minimum absolute atomic E-state index is 0.254. The number of aromatic carboxylic acids is 1. The molecule has 4 aromatic rings. The Morgan fingerprint density at radius 1 is 1.03 bits per heavy atom. The normalized spacial score (nSPS) is 11.0. The monoisotopic (exact) mass is 426 g/mol. The van der Waals surface area contributed by atoms with Gasteiger partial charge < -0.3 is 15.0 Å². The van der Waals surface area contributed by atoms with E-state index in [4.69, 9.17) is 0 Å². The summed E-state index contributed by atoms with van der Waals surface area (Å²) >= 11 is 0. The van der Waals surface area contributed by atoms with Crippen molar-refractivity contribution < 1.29 is 14.7 Å². The number of carbonyl (C=O) groups excluding carboxylic acids is 1. The van der Waals surface area contributed by atoms with Crippen molar-refractivity contribution in [2.75, 3.05) is 5.32 Å². The van der Waals surface area contributed by atoms with Crippen LogP contribution in [0.4, 0.5) is 10.5 Å². The number of rotatable bonds is 6. The number of hydrazone groups is 1. The number of carbonyl (C=O) groups is 2. The lowest BCUT2D eigenvalue weighted by molar-refractivity contribution is 0.0696. The highest BCUT2D eigenvalue weighted by Crippen LogP contribution is 2.21. The summed E-state index contributed by atoms with van der Waals surface area (Å²) in [5.74, 6) is -0.952. The minimum Gasteiger partial charge on any atom is -0.478 e. The van der Waals surface area contributed by atoms with Crippen LogP contribution in [0.15, 0.2) is 84.1 Å². The van der Waals surface area contributed by atoms with Crippen LogP contribution in [-0.4, -0.2) is 27.9 Å². The summed E-state index contributed by atoms with van der Waals surface area (Å²) in [6.45, 7) is 2.43. The number of carboxylic acids is 1. The second kappa shape index (κ2) is 9.18. The molecule has 1 aromatic heterocycles. The SMILES string of the molecule is Cc1ccccc1NC(=O)NN=Cc1cn(Cc2cccc(C(=O)O)c2)c2ccccc12. The highest BCUT2D eigenvalue weighted by Gasteiger charge is 2.09. The van der Waals surface area contributed by atoms with Crippen molar-refractivity contribution in [2.45, 2.75) is 13.5 Å². The summed E-state index contributed by atoms with van der Waals surface area (Å²) in [6.07, 6.45) is 3.53. The molecule has 0 saturated heterocycles. The first-order valence-corrected chi connectivity index (χ1v) is 10.1. The van der Waals surface area contributed by atoms with E-state index in [-0.39, 0.29) is 5.56 Å². The first-order valence-electron chi connectivity index (χ1n) is 10.1. The van der Waals surface area contributed by atoms with Gasteiger partial charge in [-0.2, -0.15) is 5.10 Å². The average Bonchev–Trinajstić information content (AvgIpc) is 3.13. The van der Waals surface area contributed by atoms with E-state index in [0.29, 0.717) is 6.54 Å². The fraction of sp³-hybridized carbons (Fsp3) is 0.0800. The van der Waals surface area contributed by atoms with Crippen LogP contribution in [0, 0.1) is 6.92 Å². The molecule has 0 radical (unpaired) electrons. The first kappa shape index (κ1) is 20.9. The Morgan fingerprint density at radius 2 is 1.81 bits per heavy atom. The maximum atomic E-state index is 12.2. The van der Waals surface area contributed by atoms with Gasteiger partial charge in [0.25, 0.3) is 0 Å². The van der Waals surface area contributed by atoms with Gasteiger partial charge in [-0.05, 0) is 42.3 Å². The zero-order chi connectivity index (χ0) is 22.5. The molecule has 160 valence electrons. The van der Waals surface area contributed by atoms with Gasteiger partial charge in [0.15, 0.2) is 0 Å². The molecular weight excluding hydrogens is 404 g/mol. The summed E-state index contributed by atoms with van der Waals surface area (Å²) < 4.78 is 2.03. The molecule has 7 heteroatoms. The number of hydrogen-bond donors (Lipinski definition) is 3. The van der Waals surface area contributed by atoms with Gasteiger partial charge in [-0.1, -0.05) is 48.5 Å². The topological polar surface area (TPSA) is 95.7 Å². The van der Waals surface area contributed by atoms with Crippen LogP contribution in [0.1, 0.15) is 27.0 Å². The molecule has 3 N–H and O–H groups in total. The molecule has 0 bridgehead atoms. The lowest BCUT2D eigenvalue weighted by Gasteiger charge is -2.06. The maximum Gasteiger partial charge on any atom is 0.339 e. The third-order valence-corrected chi connectivity index (χ3v) is 5.11. The molecule has 0 aliphatic rings. The Labute approximate surface area is 185 Å². The summed E-state index contributed by atoms with van der Waals surface area (Å²) in [5.41, 5.74) is 7.14. The van der Waals surface area contributed by atoms with E-state index in [1.165, 1.54) is 0 Å². The average molecular weight is 426 g/mol. The van der Waals surface area contributed by atoms with E-state index in [0.717, 1.165) is 33.3 Å². The maximum absolute atomic E-state index is 12.2. The standard InChI is InChI=1S/C25H22N4O3/c1-17-7-2-4-11-22(17)27-25(32)28-26-14-20-16-29(23-12-5-3-10-21(20)23)15-18-8-6-9-19(13-18)24(30)31/h2-14,16H,15H2,1H3,(H,30,31)(H2,27,28,32). The Kier molecular flexibility index (Phi) is 5.98. The number of aromatic nitrogens is 1. The van der Waals surface area contributed by atoms with E-state index in [9.17, 15) is 14.7 Å². The molecule has 0 aliphatic carbocycles. The van der Waals surface area contributed by atoms with Crippen molar-refractivity contribution in [2.24, 2.45) is 5.10 Å². The fourth-order valence-corrected chi connectivity index (χ4v) is 3.53. The molecule has 0 atom stereocenters. The molecule has 2 amide bonds. The lowest BCUT2D eigenvalue weighted by Crippen LogP contribution is -2.24. The number of nitrogens with zero attached hydrogens (tertiary/aromatic N) is 2.